The van der Waals surface area contributed by atoms with Crippen LogP contribution in [0, 0.1) is 0 Å². The first-order valence-corrected chi connectivity index (χ1v) is 18.9. The number of benzene rings is 8. The van der Waals surface area contributed by atoms with E-state index < -0.39 is 0 Å². The Hall–Kier alpha value is -6.78. The highest BCUT2D eigenvalue weighted by atomic mass is 15.2. The maximum Gasteiger partial charge on any atom is 0.0509 e. The monoisotopic (exact) mass is 692 g/mol. The predicted molar refractivity (Wildman–Crippen MR) is 227 cm³/mol. The fourth-order valence-corrected chi connectivity index (χ4v) is 9.80. The molecule has 256 valence electrons. The van der Waals surface area contributed by atoms with Gasteiger partial charge in [-0.15, -0.1) is 0 Å². The lowest BCUT2D eigenvalue weighted by Crippen LogP contribution is -2.18. The summed E-state index contributed by atoms with van der Waals surface area (Å²) in [7, 11) is 4.43. The fraction of sp³-hybridized carbons (Fsp3) is 0.0800. The van der Waals surface area contributed by atoms with E-state index in [2.05, 4.69) is 191 Å². The van der Waals surface area contributed by atoms with Gasteiger partial charge in [-0.05, 0) is 93.7 Å². The summed E-state index contributed by atoms with van der Waals surface area (Å²) in [5.74, 6) is 0. The van der Waals surface area contributed by atoms with Gasteiger partial charge >= 0.3 is 0 Å². The summed E-state index contributed by atoms with van der Waals surface area (Å²) in [6, 6.07) is 58.8. The Labute approximate surface area is 313 Å². The van der Waals surface area contributed by atoms with E-state index >= 15 is 0 Å². The number of aromatic nitrogens is 2. The maximum absolute atomic E-state index is 2.44. The van der Waals surface area contributed by atoms with Crippen molar-refractivity contribution in [1.29, 1.82) is 0 Å². The number of hydrogen-bond acceptors (Lipinski definition) is 2. The van der Waals surface area contributed by atoms with Gasteiger partial charge in [0.25, 0.3) is 0 Å². The van der Waals surface area contributed by atoms with E-state index in [1.165, 1.54) is 111 Å². The molecule has 0 atom stereocenters. The van der Waals surface area contributed by atoms with Crippen LogP contribution in [0.1, 0.15) is 22.3 Å². The van der Waals surface area contributed by atoms with Gasteiger partial charge in [-0.2, -0.15) is 0 Å². The van der Waals surface area contributed by atoms with Gasteiger partial charge in [0.2, 0.25) is 0 Å². The van der Waals surface area contributed by atoms with Crippen LogP contribution < -0.4 is 9.80 Å². The highest BCUT2D eigenvalue weighted by molar-refractivity contribution is 6.29. The normalized spacial score (nSPS) is 13.5. The van der Waals surface area contributed by atoms with E-state index in [9.17, 15) is 0 Å². The summed E-state index contributed by atoms with van der Waals surface area (Å²) in [6.45, 7) is 0. The summed E-state index contributed by atoms with van der Waals surface area (Å²) in [5, 5.41) is 7.78. The van der Waals surface area contributed by atoms with E-state index in [4.69, 9.17) is 0 Å². The van der Waals surface area contributed by atoms with E-state index in [1.54, 1.807) is 0 Å². The molecule has 0 radical (unpaired) electrons. The van der Waals surface area contributed by atoms with Gasteiger partial charge in [-0.3, -0.25) is 0 Å². The number of hydrogen-bond donors (Lipinski definition) is 0. The topological polar surface area (TPSA) is 16.3 Å². The minimum atomic E-state index is 0.954. The number of anilines is 6. The van der Waals surface area contributed by atoms with Crippen molar-refractivity contribution >= 4 is 88.5 Å². The van der Waals surface area contributed by atoms with Crippen LogP contribution in [-0.4, -0.2) is 9.13 Å². The number of rotatable bonds is 2. The first kappa shape index (κ1) is 29.8. The molecule has 2 aliphatic rings. The molecular weight excluding hydrogens is 657 g/mol. The summed E-state index contributed by atoms with van der Waals surface area (Å²) < 4.78 is 4.76. The SMILES string of the molecule is Cn1c2cc(N3c4ccccc4Cc4ccccc43)ccc2c2c3ccc4c(c3ccc21)c1ccc(N2c3ccccc3Cc3ccccc32)cc1n4C. The van der Waals surface area contributed by atoms with Crippen molar-refractivity contribution in [3.05, 3.63) is 180 Å². The zero-order valence-corrected chi connectivity index (χ0v) is 30.2. The Kier molecular flexibility index (Phi) is 5.99. The molecule has 0 unspecified atom stereocenters. The predicted octanol–water partition coefficient (Wildman–Crippen LogP) is 12.9. The molecule has 0 saturated heterocycles. The minimum absolute atomic E-state index is 0.954. The minimum Gasteiger partial charge on any atom is -0.344 e. The second-order valence-electron chi connectivity index (χ2n) is 15.1. The lowest BCUT2D eigenvalue weighted by atomic mass is 9.94. The molecule has 0 spiro atoms. The Morgan fingerprint density at radius 1 is 0.333 bits per heavy atom. The van der Waals surface area contributed by atoms with Crippen molar-refractivity contribution in [2.75, 3.05) is 9.80 Å². The quantitative estimate of drug-likeness (QED) is 0.179. The molecule has 2 aliphatic heterocycles. The third kappa shape index (κ3) is 3.97. The maximum atomic E-state index is 2.44. The van der Waals surface area contributed by atoms with E-state index in [-0.39, 0.29) is 0 Å². The number of nitrogens with zero attached hydrogens (tertiary/aromatic N) is 4. The molecule has 2 aromatic heterocycles. The van der Waals surface area contributed by atoms with Gasteiger partial charge in [0, 0.05) is 93.6 Å². The Morgan fingerprint density at radius 2 is 0.667 bits per heavy atom. The molecule has 4 nitrogen and oxygen atoms in total. The van der Waals surface area contributed by atoms with Crippen LogP contribution in [0.3, 0.4) is 0 Å². The molecule has 0 bridgehead atoms. The molecule has 0 N–H and O–H groups in total. The smallest absolute Gasteiger partial charge is 0.0509 e. The number of fused-ring (bicyclic) bond motifs is 13. The molecule has 0 saturated carbocycles. The largest absolute Gasteiger partial charge is 0.344 e. The lowest BCUT2D eigenvalue weighted by Gasteiger charge is -2.33. The van der Waals surface area contributed by atoms with Crippen LogP contribution in [0.15, 0.2) is 158 Å². The van der Waals surface area contributed by atoms with Crippen LogP contribution in [0.2, 0.25) is 0 Å². The van der Waals surface area contributed by atoms with Crippen LogP contribution in [0.4, 0.5) is 34.1 Å². The van der Waals surface area contributed by atoms with Crippen LogP contribution in [-0.2, 0) is 26.9 Å². The molecule has 10 aromatic rings. The molecule has 54 heavy (non-hydrogen) atoms. The molecule has 4 heterocycles. The van der Waals surface area contributed by atoms with Crippen molar-refractivity contribution in [3.63, 3.8) is 0 Å². The van der Waals surface area contributed by atoms with Crippen LogP contribution in [0.5, 0.6) is 0 Å². The van der Waals surface area contributed by atoms with Gasteiger partial charge in [-0.1, -0.05) is 97.1 Å². The standard InChI is InChI=1S/C50H36N4/c1-51-45-25-23-38-37(49(45)39-21-19-35(29-47(39)51)53-41-15-7-3-11-31(41)27-32-12-4-8-16-42(32)53)24-26-46-50(38)40-22-20-36(30-48(40)52(46)2)54-43-17-9-5-13-33(43)28-34-14-6-10-18-44(34)54/h3-26,29-30H,27-28H2,1-2H3. The summed E-state index contributed by atoms with van der Waals surface area (Å²) in [4.78, 5) is 4.89. The first-order chi connectivity index (χ1) is 26.6. The fourth-order valence-electron chi connectivity index (χ4n) is 9.80. The van der Waals surface area contributed by atoms with Gasteiger partial charge < -0.3 is 18.9 Å². The van der Waals surface area contributed by atoms with Gasteiger partial charge in [0.1, 0.15) is 0 Å². The average molecular weight is 693 g/mol. The lowest BCUT2D eigenvalue weighted by molar-refractivity contribution is 1.01. The third-order valence-corrected chi connectivity index (χ3v) is 12.3. The second-order valence-corrected chi connectivity index (χ2v) is 15.1. The summed E-state index contributed by atoms with van der Waals surface area (Å²) >= 11 is 0. The van der Waals surface area contributed by atoms with Crippen LogP contribution in [0.25, 0.3) is 54.4 Å². The zero-order chi connectivity index (χ0) is 35.7. The van der Waals surface area contributed by atoms with Gasteiger partial charge in [0.15, 0.2) is 0 Å². The number of para-hydroxylation sites is 4. The van der Waals surface area contributed by atoms with E-state index in [1.807, 2.05) is 0 Å². The molecule has 8 aromatic carbocycles. The third-order valence-electron chi connectivity index (χ3n) is 12.3. The summed E-state index contributed by atoms with van der Waals surface area (Å²) in [5.41, 5.74) is 17.8. The Bertz CT molecular complexity index is 2910. The Morgan fingerprint density at radius 3 is 1.04 bits per heavy atom. The number of aryl methyl sites for hydroxylation is 2. The second kappa shape index (κ2) is 10.9. The van der Waals surface area contributed by atoms with Crippen molar-refractivity contribution in [2.45, 2.75) is 12.8 Å². The van der Waals surface area contributed by atoms with Crippen molar-refractivity contribution in [3.8, 4) is 0 Å². The zero-order valence-electron chi connectivity index (χ0n) is 30.2. The highest BCUT2D eigenvalue weighted by Gasteiger charge is 2.26. The Balaban J connectivity index is 1.05. The average Bonchev–Trinajstić information content (AvgIpc) is 3.68. The summed E-state index contributed by atoms with van der Waals surface area (Å²) in [6.07, 6.45) is 1.91. The van der Waals surface area contributed by atoms with Gasteiger partial charge in [-0.25, -0.2) is 0 Å². The van der Waals surface area contributed by atoms with E-state index in [0.29, 0.717) is 0 Å². The molecular formula is C50H36N4. The molecule has 12 rings (SSSR count). The molecule has 0 fully saturated rings. The van der Waals surface area contributed by atoms with Crippen molar-refractivity contribution < 1.29 is 0 Å². The van der Waals surface area contributed by atoms with E-state index in [0.717, 1.165) is 12.8 Å². The van der Waals surface area contributed by atoms with Crippen LogP contribution >= 0.6 is 0 Å². The van der Waals surface area contributed by atoms with Crippen molar-refractivity contribution in [1.82, 2.24) is 9.13 Å². The molecule has 0 amide bonds. The van der Waals surface area contributed by atoms with Gasteiger partial charge in [0.05, 0.1) is 11.0 Å². The molecule has 4 heteroatoms. The highest BCUT2D eigenvalue weighted by Crippen LogP contribution is 2.48. The first-order valence-electron chi connectivity index (χ1n) is 18.9. The van der Waals surface area contributed by atoms with Crippen molar-refractivity contribution in [2.24, 2.45) is 14.1 Å². The molecule has 0 aliphatic carbocycles.